The summed E-state index contributed by atoms with van der Waals surface area (Å²) in [6.07, 6.45) is 0.149. The van der Waals surface area contributed by atoms with Gasteiger partial charge in [-0.05, 0) is 49.2 Å². The van der Waals surface area contributed by atoms with Crippen molar-refractivity contribution in [3.63, 3.8) is 0 Å². The molecule has 0 radical (unpaired) electrons. The zero-order chi connectivity index (χ0) is 18.6. The molecule has 2 aromatic rings. The second-order valence-corrected chi connectivity index (χ2v) is 6.73. The van der Waals surface area contributed by atoms with Crippen LogP contribution in [0.5, 0.6) is 0 Å². The fraction of sp³-hybridized carbons (Fsp3) is 0.263. The summed E-state index contributed by atoms with van der Waals surface area (Å²) in [5.41, 5.74) is 3.32. The van der Waals surface area contributed by atoms with Crippen LogP contribution in [0.25, 0.3) is 0 Å². The highest BCUT2D eigenvalue weighted by Gasteiger charge is 2.16. The molecule has 4 nitrogen and oxygen atoms in total. The lowest BCUT2D eigenvalue weighted by Crippen LogP contribution is -2.32. The molecule has 0 aliphatic carbocycles. The molecule has 0 aromatic heterocycles. The van der Waals surface area contributed by atoms with Crippen LogP contribution in [-0.4, -0.2) is 18.4 Å². The van der Waals surface area contributed by atoms with Gasteiger partial charge in [-0.25, -0.2) is 0 Å². The number of nitrogens with one attached hydrogen (secondary N) is 1. The second kappa shape index (κ2) is 8.37. The second-order valence-electron chi connectivity index (χ2n) is 5.88. The number of nitrogens with zero attached hydrogens (tertiary/aromatic N) is 1. The molecule has 0 saturated heterocycles. The van der Waals surface area contributed by atoms with E-state index >= 15 is 0 Å². The summed E-state index contributed by atoms with van der Waals surface area (Å²) in [7, 11) is 0. The van der Waals surface area contributed by atoms with Gasteiger partial charge in [0.25, 0.3) is 0 Å². The number of carbonyl (C=O) groups is 2. The van der Waals surface area contributed by atoms with Crippen molar-refractivity contribution in [3.8, 4) is 0 Å². The van der Waals surface area contributed by atoms with Crippen LogP contribution in [0.3, 0.4) is 0 Å². The molecule has 0 spiro atoms. The topological polar surface area (TPSA) is 49.4 Å². The predicted molar refractivity (Wildman–Crippen MR) is 104 cm³/mol. The number of aryl methyl sites for hydroxylation is 2. The average molecular weight is 379 g/mol. The minimum Gasteiger partial charge on any atom is -0.325 e. The molecule has 0 bridgehead atoms. The Morgan fingerprint density at radius 1 is 1.08 bits per heavy atom. The van der Waals surface area contributed by atoms with Gasteiger partial charge in [0.15, 0.2) is 0 Å². The maximum atomic E-state index is 12.2. The summed E-state index contributed by atoms with van der Waals surface area (Å²) in [6.45, 7) is 5.68. The first-order valence-corrected chi connectivity index (χ1v) is 8.64. The minimum atomic E-state index is -0.235. The van der Waals surface area contributed by atoms with E-state index in [1.54, 1.807) is 23.1 Å². The van der Waals surface area contributed by atoms with E-state index in [1.807, 2.05) is 32.0 Å². The van der Waals surface area contributed by atoms with Crippen molar-refractivity contribution in [3.05, 3.63) is 57.6 Å². The Kier molecular flexibility index (Phi) is 6.45. The summed E-state index contributed by atoms with van der Waals surface area (Å²) >= 11 is 12.0. The van der Waals surface area contributed by atoms with Crippen molar-refractivity contribution >= 4 is 46.4 Å². The van der Waals surface area contributed by atoms with Gasteiger partial charge in [-0.15, -0.1) is 0 Å². The van der Waals surface area contributed by atoms with Crippen LogP contribution in [0.15, 0.2) is 36.4 Å². The number of carbonyl (C=O) groups excluding carboxylic acids is 2. The quantitative estimate of drug-likeness (QED) is 0.796. The monoisotopic (exact) mass is 378 g/mol. The Bertz CT molecular complexity index is 806. The summed E-state index contributed by atoms with van der Waals surface area (Å²) in [4.78, 5) is 25.9. The van der Waals surface area contributed by atoms with Crippen molar-refractivity contribution in [2.45, 2.75) is 27.2 Å². The van der Waals surface area contributed by atoms with Gasteiger partial charge < -0.3 is 10.2 Å². The van der Waals surface area contributed by atoms with Crippen LogP contribution in [0, 0.1) is 13.8 Å². The van der Waals surface area contributed by atoms with Crippen LogP contribution in [0.2, 0.25) is 10.0 Å². The van der Waals surface area contributed by atoms with Crippen LogP contribution >= 0.6 is 23.2 Å². The number of rotatable bonds is 5. The van der Waals surface area contributed by atoms with Gasteiger partial charge in [-0.2, -0.15) is 0 Å². The minimum absolute atomic E-state index is 0.109. The van der Waals surface area contributed by atoms with Crippen molar-refractivity contribution in [1.82, 2.24) is 0 Å². The van der Waals surface area contributed by atoms with Crippen LogP contribution in [-0.2, 0) is 9.59 Å². The van der Waals surface area contributed by atoms with E-state index in [4.69, 9.17) is 23.2 Å². The van der Waals surface area contributed by atoms with Crippen LogP contribution in [0.4, 0.5) is 11.4 Å². The van der Waals surface area contributed by atoms with Crippen LogP contribution in [0.1, 0.15) is 24.5 Å². The molecule has 0 heterocycles. The molecule has 0 atom stereocenters. The average Bonchev–Trinajstić information content (AvgIpc) is 2.54. The molecule has 0 saturated carbocycles. The normalized spacial score (nSPS) is 10.4. The zero-order valence-corrected chi connectivity index (χ0v) is 15.9. The van der Waals surface area contributed by atoms with Gasteiger partial charge >= 0.3 is 0 Å². The molecule has 0 aliphatic rings. The van der Waals surface area contributed by atoms with E-state index in [0.717, 1.165) is 16.8 Å². The number of benzene rings is 2. The highest BCUT2D eigenvalue weighted by Crippen LogP contribution is 2.26. The lowest BCUT2D eigenvalue weighted by Gasteiger charge is -2.23. The third kappa shape index (κ3) is 5.21. The standard InChI is InChI=1S/C19H20Cl2N2O2/c1-12-4-5-13(2)18(10-12)23(14(3)24)9-8-19(25)22-17-11-15(20)6-7-16(17)21/h4-7,10-11H,8-9H2,1-3H3,(H,22,25). The Morgan fingerprint density at radius 2 is 1.80 bits per heavy atom. The zero-order valence-electron chi connectivity index (χ0n) is 14.4. The van der Waals surface area contributed by atoms with E-state index in [9.17, 15) is 9.59 Å². The van der Waals surface area contributed by atoms with Crippen molar-refractivity contribution in [1.29, 1.82) is 0 Å². The summed E-state index contributed by atoms with van der Waals surface area (Å²) < 4.78 is 0. The third-order valence-corrected chi connectivity index (χ3v) is 4.37. The third-order valence-electron chi connectivity index (χ3n) is 3.80. The highest BCUT2D eigenvalue weighted by atomic mass is 35.5. The fourth-order valence-corrected chi connectivity index (χ4v) is 2.81. The predicted octanol–water partition coefficient (Wildman–Crippen LogP) is 4.99. The molecule has 2 amide bonds. The van der Waals surface area contributed by atoms with Crippen molar-refractivity contribution < 1.29 is 9.59 Å². The van der Waals surface area contributed by atoms with E-state index in [1.165, 1.54) is 6.92 Å². The lowest BCUT2D eigenvalue weighted by molar-refractivity contribution is -0.117. The molecule has 0 unspecified atom stereocenters. The smallest absolute Gasteiger partial charge is 0.226 e. The number of halogens is 2. The first-order chi connectivity index (χ1) is 11.8. The molecule has 132 valence electrons. The lowest BCUT2D eigenvalue weighted by atomic mass is 10.1. The summed E-state index contributed by atoms with van der Waals surface area (Å²) in [5, 5.41) is 3.63. The molecule has 6 heteroatoms. The van der Waals surface area contributed by atoms with Crippen molar-refractivity contribution in [2.75, 3.05) is 16.8 Å². The largest absolute Gasteiger partial charge is 0.325 e. The highest BCUT2D eigenvalue weighted by molar-refractivity contribution is 6.35. The van der Waals surface area contributed by atoms with Gasteiger partial charge in [0, 0.05) is 30.6 Å². The molecular formula is C19H20Cl2N2O2. The van der Waals surface area contributed by atoms with Crippen LogP contribution < -0.4 is 10.2 Å². The molecule has 2 rings (SSSR count). The Balaban J connectivity index is 2.08. The van der Waals surface area contributed by atoms with Gasteiger partial charge in [-0.3, -0.25) is 9.59 Å². The van der Waals surface area contributed by atoms with Gasteiger partial charge in [0.2, 0.25) is 11.8 Å². The van der Waals surface area contributed by atoms with E-state index in [0.29, 0.717) is 15.7 Å². The molecule has 0 aliphatic heterocycles. The molecule has 2 aromatic carbocycles. The Labute approximate surface area is 157 Å². The number of hydrogen-bond acceptors (Lipinski definition) is 2. The summed E-state index contributed by atoms with van der Waals surface area (Å²) in [5.74, 6) is -0.344. The molecule has 0 fully saturated rings. The van der Waals surface area contributed by atoms with Gasteiger partial charge in [0.05, 0.1) is 10.7 Å². The van der Waals surface area contributed by atoms with E-state index in [-0.39, 0.29) is 24.8 Å². The summed E-state index contributed by atoms with van der Waals surface area (Å²) in [6, 6.07) is 10.8. The number of amides is 2. The molecule has 1 N–H and O–H groups in total. The first-order valence-electron chi connectivity index (χ1n) is 7.88. The number of hydrogen-bond donors (Lipinski definition) is 1. The maximum Gasteiger partial charge on any atom is 0.226 e. The SMILES string of the molecule is CC(=O)N(CCC(=O)Nc1cc(Cl)ccc1Cl)c1cc(C)ccc1C. The fourth-order valence-electron chi connectivity index (χ4n) is 2.48. The van der Waals surface area contributed by atoms with Crippen molar-refractivity contribution in [2.24, 2.45) is 0 Å². The maximum absolute atomic E-state index is 12.2. The van der Waals surface area contributed by atoms with E-state index < -0.39 is 0 Å². The molecule has 25 heavy (non-hydrogen) atoms. The molecular weight excluding hydrogens is 359 g/mol. The van der Waals surface area contributed by atoms with Gasteiger partial charge in [-0.1, -0.05) is 35.3 Å². The Hall–Kier alpha value is -2.04. The van der Waals surface area contributed by atoms with Gasteiger partial charge in [0.1, 0.15) is 0 Å². The Morgan fingerprint density at radius 3 is 2.48 bits per heavy atom. The first kappa shape index (κ1) is 19.3. The number of anilines is 2. The van der Waals surface area contributed by atoms with E-state index in [2.05, 4.69) is 5.32 Å².